The minimum absolute atomic E-state index is 0.0649. The van der Waals surface area contributed by atoms with E-state index in [1.807, 2.05) is 86.8 Å². The molecular formula is C26H25N3O2. The number of imidazole rings is 1. The number of ether oxygens (including phenoxy) is 1. The number of benzene rings is 3. The fraction of sp³-hybridized carbons (Fsp3) is 0.154. The Balaban J connectivity index is 1.49. The Morgan fingerprint density at radius 2 is 1.77 bits per heavy atom. The van der Waals surface area contributed by atoms with Gasteiger partial charge in [0.15, 0.2) is 0 Å². The zero-order valence-electron chi connectivity index (χ0n) is 17.9. The Hall–Kier alpha value is -3.86. The molecule has 0 bridgehead atoms. The summed E-state index contributed by atoms with van der Waals surface area (Å²) in [7, 11) is 1.65. The molecule has 0 aliphatic carbocycles. The molecule has 156 valence electrons. The van der Waals surface area contributed by atoms with Crippen LogP contribution in [0.4, 0.5) is 0 Å². The Morgan fingerprint density at radius 1 is 1.00 bits per heavy atom. The third kappa shape index (κ3) is 4.51. The van der Waals surface area contributed by atoms with E-state index in [9.17, 15) is 4.79 Å². The number of aromatic nitrogens is 2. The molecule has 3 aromatic carbocycles. The van der Waals surface area contributed by atoms with E-state index < -0.39 is 0 Å². The number of nitrogens with one attached hydrogen (secondary N) is 2. The van der Waals surface area contributed by atoms with Crippen LogP contribution in [0.3, 0.4) is 0 Å². The van der Waals surface area contributed by atoms with Crippen molar-refractivity contribution in [3.05, 3.63) is 95.2 Å². The normalized spacial score (nSPS) is 10.7. The lowest BCUT2D eigenvalue weighted by Crippen LogP contribution is -2.23. The topological polar surface area (TPSA) is 67.0 Å². The molecule has 0 unspecified atom stereocenters. The largest absolute Gasteiger partial charge is 0.497 e. The maximum absolute atomic E-state index is 12.6. The monoisotopic (exact) mass is 411 g/mol. The quantitative estimate of drug-likeness (QED) is 0.452. The van der Waals surface area contributed by atoms with Gasteiger partial charge >= 0.3 is 0 Å². The van der Waals surface area contributed by atoms with Gasteiger partial charge in [0.2, 0.25) is 0 Å². The Labute approximate surface area is 182 Å². The average Bonchev–Trinajstić information content (AvgIpc) is 3.30. The summed E-state index contributed by atoms with van der Waals surface area (Å²) in [5.41, 5.74) is 6.74. The zero-order chi connectivity index (χ0) is 21.8. The molecule has 0 aliphatic heterocycles. The Bertz CT molecular complexity index is 1230. The first-order valence-corrected chi connectivity index (χ1v) is 10.2. The third-order valence-electron chi connectivity index (χ3n) is 5.46. The lowest BCUT2D eigenvalue weighted by atomic mass is 10.0. The summed E-state index contributed by atoms with van der Waals surface area (Å²) in [5.74, 6) is 1.51. The van der Waals surface area contributed by atoms with Gasteiger partial charge in [-0.3, -0.25) is 4.79 Å². The van der Waals surface area contributed by atoms with Gasteiger partial charge in [-0.1, -0.05) is 42.5 Å². The van der Waals surface area contributed by atoms with Crippen LogP contribution in [-0.4, -0.2) is 23.0 Å². The molecule has 0 aliphatic rings. The lowest BCUT2D eigenvalue weighted by Gasteiger charge is -2.10. The smallest absolute Gasteiger partial charge is 0.251 e. The Kier molecular flexibility index (Phi) is 5.85. The average molecular weight is 412 g/mol. The van der Waals surface area contributed by atoms with Crippen molar-refractivity contribution in [2.45, 2.75) is 20.4 Å². The van der Waals surface area contributed by atoms with E-state index in [2.05, 4.69) is 15.3 Å². The number of amides is 1. The van der Waals surface area contributed by atoms with Gasteiger partial charge < -0.3 is 15.0 Å². The number of aromatic amines is 1. The van der Waals surface area contributed by atoms with Crippen LogP contribution in [0.25, 0.3) is 22.6 Å². The lowest BCUT2D eigenvalue weighted by molar-refractivity contribution is 0.0950. The van der Waals surface area contributed by atoms with Gasteiger partial charge in [0.25, 0.3) is 5.91 Å². The fourth-order valence-corrected chi connectivity index (χ4v) is 3.51. The van der Waals surface area contributed by atoms with Crippen molar-refractivity contribution >= 4 is 5.91 Å². The molecule has 5 heteroatoms. The summed E-state index contributed by atoms with van der Waals surface area (Å²) in [4.78, 5) is 20.5. The zero-order valence-corrected chi connectivity index (χ0v) is 17.9. The maximum Gasteiger partial charge on any atom is 0.251 e. The Morgan fingerprint density at radius 3 is 2.61 bits per heavy atom. The number of hydrogen-bond donors (Lipinski definition) is 2. The van der Waals surface area contributed by atoms with Crippen molar-refractivity contribution in [3.63, 3.8) is 0 Å². The van der Waals surface area contributed by atoms with Crippen LogP contribution in [0.15, 0.2) is 72.9 Å². The van der Waals surface area contributed by atoms with Crippen molar-refractivity contribution in [1.82, 2.24) is 15.3 Å². The first-order valence-electron chi connectivity index (χ1n) is 10.2. The van der Waals surface area contributed by atoms with Gasteiger partial charge in [-0.15, -0.1) is 0 Å². The van der Waals surface area contributed by atoms with E-state index in [4.69, 9.17) is 4.74 Å². The highest BCUT2D eigenvalue weighted by Gasteiger charge is 2.11. The number of aryl methyl sites for hydroxylation is 1. The van der Waals surface area contributed by atoms with Crippen molar-refractivity contribution in [1.29, 1.82) is 0 Å². The first kappa shape index (κ1) is 20.4. The molecule has 5 nitrogen and oxygen atoms in total. The molecule has 1 aromatic heterocycles. The van der Waals surface area contributed by atoms with Crippen LogP contribution < -0.4 is 10.1 Å². The molecular weight excluding hydrogens is 386 g/mol. The summed E-state index contributed by atoms with van der Waals surface area (Å²) >= 11 is 0. The minimum atomic E-state index is -0.0649. The molecule has 0 saturated carbocycles. The molecule has 0 radical (unpaired) electrons. The number of H-pyrrole nitrogens is 1. The van der Waals surface area contributed by atoms with Crippen molar-refractivity contribution < 1.29 is 9.53 Å². The van der Waals surface area contributed by atoms with Gasteiger partial charge in [0, 0.05) is 23.2 Å². The van der Waals surface area contributed by atoms with Crippen LogP contribution in [0.2, 0.25) is 0 Å². The van der Waals surface area contributed by atoms with Crippen molar-refractivity contribution in [2.75, 3.05) is 7.11 Å². The van der Waals surface area contributed by atoms with Crippen LogP contribution in [0.5, 0.6) is 5.75 Å². The predicted octanol–water partition coefficient (Wildman–Crippen LogP) is 5.30. The second kappa shape index (κ2) is 8.88. The van der Waals surface area contributed by atoms with Gasteiger partial charge in [-0.05, 0) is 54.8 Å². The van der Waals surface area contributed by atoms with Gasteiger partial charge in [0.1, 0.15) is 11.6 Å². The highest BCUT2D eigenvalue weighted by Crippen LogP contribution is 2.25. The molecule has 31 heavy (non-hydrogen) atoms. The van der Waals surface area contributed by atoms with Crippen LogP contribution in [0.1, 0.15) is 27.0 Å². The van der Waals surface area contributed by atoms with Crippen molar-refractivity contribution in [2.24, 2.45) is 0 Å². The summed E-state index contributed by atoms with van der Waals surface area (Å²) < 4.78 is 5.31. The molecule has 4 rings (SSSR count). The number of rotatable bonds is 6. The number of nitrogens with zero attached hydrogens (tertiary/aromatic N) is 1. The van der Waals surface area contributed by atoms with E-state index >= 15 is 0 Å². The van der Waals surface area contributed by atoms with Gasteiger partial charge in [-0.2, -0.15) is 0 Å². The summed E-state index contributed by atoms with van der Waals surface area (Å²) in [6, 6.07) is 21.6. The third-order valence-corrected chi connectivity index (χ3v) is 5.46. The summed E-state index contributed by atoms with van der Waals surface area (Å²) in [6.07, 6.45) is 1.82. The van der Waals surface area contributed by atoms with Crippen LogP contribution in [0, 0.1) is 13.8 Å². The molecule has 2 N–H and O–H groups in total. The summed E-state index contributed by atoms with van der Waals surface area (Å²) in [5, 5.41) is 3.02. The molecule has 0 atom stereocenters. The number of hydrogen-bond acceptors (Lipinski definition) is 3. The predicted molar refractivity (Wildman–Crippen MR) is 123 cm³/mol. The van der Waals surface area contributed by atoms with E-state index in [0.29, 0.717) is 12.1 Å². The van der Waals surface area contributed by atoms with Crippen LogP contribution >= 0.6 is 0 Å². The van der Waals surface area contributed by atoms with Crippen LogP contribution in [-0.2, 0) is 6.54 Å². The molecule has 1 heterocycles. The minimum Gasteiger partial charge on any atom is -0.497 e. The highest BCUT2D eigenvalue weighted by atomic mass is 16.5. The van der Waals surface area contributed by atoms with E-state index in [-0.39, 0.29) is 5.91 Å². The van der Waals surface area contributed by atoms with E-state index in [1.54, 1.807) is 7.11 Å². The standard InChI is InChI=1S/C26H25N3O2/c1-17-7-4-12-23(18(17)2)26(30)28-15-19-8-5-10-21(13-19)25-27-16-24(29-25)20-9-6-11-22(14-20)31-3/h4-14,16H,15H2,1-3H3,(H,27,29)(H,28,30). The van der Waals surface area contributed by atoms with Gasteiger partial charge in [0.05, 0.1) is 19.0 Å². The first-order chi connectivity index (χ1) is 15.0. The SMILES string of the molecule is COc1cccc(-c2cnc(-c3cccc(CNC(=O)c4cccc(C)c4C)c3)[nH]2)c1. The van der Waals surface area contributed by atoms with E-state index in [1.165, 1.54) is 0 Å². The molecule has 4 aromatic rings. The number of carbonyl (C=O) groups excluding carboxylic acids is 1. The molecule has 1 amide bonds. The second-order valence-electron chi connectivity index (χ2n) is 7.51. The van der Waals surface area contributed by atoms with E-state index in [0.717, 1.165) is 45.1 Å². The maximum atomic E-state index is 12.6. The fourth-order valence-electron chi connectivity index (χ4n) is 3.51. The molecule has 0 spiro atoms. The second-order valence-corrected chi connectivity index (χ2v) is 7.51. The summed E-state index contributed by atoms with van der Waals surface area (Å²) in [6.45, 7) is 4.43. The highest BCUT2D eigenvalue weighted by molar-refractivity contribution is 5.95. The number of methoxy groups -OCH3 is 1. The molecule has 0 saturated heterocycles. The molecule has 0 fully saturated rings. The number of carbonyl (C=O) groups is 1. The van der Waals surface area contributed by atoms with Gasteiger partial charge in [-0.25, -0.2) is 4.98 Å². The van der Waals surface area contributed by atoms with Crippen molar-refractivity contribution in [3.8, 4) is 28.4 Å².